The largest absolute Gasteiger partial charge is 0.464 e. The monoisotopic (exact) mass is 451 g/mol. The molecule has 32 heavy (non-hydrogen) atoms. The van der Waals surface area contributed by atoms with Crippen molar-refractivity contribution in [2.75, 3.05) is 12.4 Å². The van der Waals surface area contributed by atoms with E-state index in [1.54, 1.807) is 13.0 Å². The lowest BCUT2D eigenvalue weighted by Crippen LogP contribution is -2.62. The predicted octanol–water partition coefficient (Wildman–Crippen LogP) is 1.45. The Hall–Kier alpha value is -3.30. The van der Waals surface area contributed by atoms with Crippen LogP contribution in [0.2, 0.25) is 0 Å². The van der Waals surface area contributed by atoms with Gasteiger partial charge in [-0.05, 0) is 31.0 Å². The highest BCUT2D eigenvalue weighted by atomic mass is 32.2. The number of carbonyl (C=O) groups excluding carboxylic acids is 4. The van der Waals surface area contributed by atoms with E-state index in [1.165, 1.54) is 12.3 Å². The number of ketones is 2. The van der Waals surface area contributed by atoms with Crippen LogP contribution in [0.5, 0.6) is 0 Å². The second kappa shape index (κ2) is 8.68. The van der Waals surface area contributed by atoms with E-state index in [0.29, 0.717) is 0 Å². The van der Waals surface area contributed by atoms with E-state index in [0.717, 1.165) is 17.3 Å². The number of hydrogen-bond acceptors (Lipinski definition) is 8. The molecule has 0 fully saturated rings. The maximum Gasteiger partial charge on any atom is 0.337 e. The lowest BCUT2D eigenvalue weighted by Gasteiger charge is -2.31. The minimum absolute atomic E-state index is 0.0385. The average molecular weight is 452 g/mol. The molecule has 3 N–H and O–H groups in total. The molecule has 2 heterocycles. The number of esters is 1. The first-order valence-corrected chi connectivity index (χ1v) is 11.1. The number of allylic oxidation sites excluding steroid dienone is 1. The zero-order valence-corrected chi connectivity index (χ0v) is 18.1. The molecule has 0 unspecified atom stereocenters. The van der Waals surface area contributed by atoms with Gasteiger partial charge in [-0.1, -0.05) is 30.3 Å². The van der Waals surface area contributed by atoms with Gasteiger partial charge in [0.2, 0.25) is 17.5 Å². The number of nitrogens with one attached hydrogen (secondary N) is 1. The molecule has 2 atom stereocenters. The number of fused-ring (bicyclic) bond motifs is 1. The van der Waals surface area contributed by atoms with Crippen molar-refractivity contribution in [3.63, 3.8) is 0 Å². The van der Waals surface area contributed by atoms with Crippen LogP contribution >= 0.6 is 11.8 Å². The van der Waals surface area contributed by atoms with Crippen LogP contribution in [0.25, 0.3) is 0 Å². The first-order valence-electron chi connectivity index (χ1n) is 10.1. The number of Topliss-reactive ketones (excluding diaryl/α,β-unsaturated/α-hetero) is 2. The predicted molar refractivity (Wildman–Crippen MR) is 118 cm³/mol. The lowest BCUT2D eigenvalue weighted by molar-refractivity contribution is -0.150. The summed E-state index contributed by atoms with van der Waals surface area (Å²) in [7, 11) is 0. The number of nitrogens with zero attached hydrogens (tertiary/aromatic N) is 1. The van der Waals surface area contributed by atoms with Gasteiger partial charge >= 0.3 is 5.97 Å². The summed E-state index contributed by atoms with van der Waals surface area (Å²) in [5.74, 6) is -2.46. The summed E-state index contributed by atoms with van der Waals surface area (Å²) in [5.41, 5.74) is 5.18. The van der Waals surface area contributed by atoms with Crippen LogP contribution in [0.4, 0.5) is 0 Å². The molecule has 1 aromatic carbocycles. The molecule has 0 saturated heterocycles. The van der Waals surface area contributed by atoms with Gasteiger partial charge in [-0.2, -0.15) is 0 Å². The highest BCUT2D eigenvalue weighted by Crippen LogP contribution is 2.45. The van der Waals surface area contributed by atoms with Gasteiger partial charge in [-0.3, -0.25) is 19.4 Å². The van der Waals surface area contributed by atoms with Gasteiger partial charge in [-0.25, -0.2) is 4.79 Å². The fourth-order valence-electron chi connectivity index (χ4n) is 3.83. The number of amides is 1. The van der Waals surface area contributed by atoms with E-state index in [4.69, 9.17) is 10.5 Å². The summed E-state index contributed by atoms with van der Waals surface area (Å²) >= 11 is 1.05. The van der Waals surface area contributed by atoms with Crippen molar-refractivity contribution in [2.45, 2.75) is 24.9 Å². The molecule has 1 aliphatic carbocycles. The van der Waals surface area contributed by atoms with Crippen molar-refractivity contribution < 1.29 is 23.9 Å². The first-order chi connectivity index (χ1) is 15.4. The van der Waals surface area contributed by atoms with Crippen molar-refractivity contribution >= 4 is 35.2 Å². The fourth-order valence-corrected chi connectivity index (χ4v) is 5.18. The summed E-state index contributed by atoms with van der Waals surface area (Å²) in [6.45, 7) is 1.66. The van der Waals surface area contributed by atoms with Crippen LogP contribution in [-0.4, -0.2) is 52.4 Å². The maximum atomic E-state index is 13.3. The van der Waals surface area contributed by atoms with Crippen LogP contribution in [0.3, 0.4) is 0 Å². The number of aromatic nitrogens is 1. The topological polar surface area (TPSA) is 128 Å². The molecule has 1 aliphatic heterocycles. The summed E-state index contributed by atoms with van der Waals surface area (Å²) < 4.78 is 5.22. The van der Waals surface area contributed by atoms with E-state index >= 15 is 0 Å². The summed E-state index contributed by atoms with van der Waals surface area (Å²) in [6.07, 6.45) is 1.64. The van der Waals surface area contributed by atoms with Gasteiger partial charge in [0, 0.05) is 11.9 Å². The third-order valence-electron chi connectivity index (χ3n) is 5.38. The van der Waals surface area contributed by atoms with Gasteiger partial charge in [0.25, 0.3) is 0 Å². The van der Waals surface area contributed by atoms with Crippen LogP contribution in [-0.2, 0) is 20.7 Å². The number of thioether (sulfide) groups is 1. The van der Waals surface area contributed by atoms with E-state index in [2.05, 4.69) is 10.3 Å². The van der Waals surface area contributed by atoms with E-state index in [1.807, 2.05) is 30.3 Å². The Morgan fingerprint density at radius 2 is 1.94 bits per heavy atom. The van der Waals surface area contributed by atoms with Crippen LogP contribution in [0, 0.1) is 0 Å². The Balaban J connectivity index is 1.70. The van der Waals surface area contributed by atoms with Gasteiger partial charge in [0.05, 0.1) is 28.7 Å². The number of pyridine rings is 1. The fraction of sp³-hybridized carbons (Fsp3) is 0.261. The Morgan fingerprint density at radius 3 is 2.66 bits per heavy atom. The molecule has 9 heteroatoms. The van der Waals surface area contributed by atoms with E-state index in [9.17, 15) is 19.2 Å². The smallest absolute Gasteiger partial charge is 0.337 e. The number of carbonyl (C=O) groups is 4. The average Bonchev–Trinajstić information content (AvgIpc) is 3.19. The third kappa shape index (κ3) is 3.63. The molecule has 0 bridgehead atoms. The molecule has 2 aromatic rings. The summed E-state index contributed by atoms with van der Waals surface area (Å²) in [5, 5.41) is 2.66. The molecule has 8 nitrogen and oxygen atoms in total. The number of hydrogen-bond donors (Lipinski definition) is 2. The quantitative estimate of drug-likeness (QED) is 0.632. The molecule has 0 spiro atoms. The lowest BCUT2D eigenvalue weighted by atomic mass is 9.81. The Kier molecular flexibility index (Phi) is 5.94. The SMILES string of the molecule is CCOC(=O)[C@@]1(NC(=O)[C@@H](N)Cc2ccccc2)CSC2=C1C(=O)c1ncccc1C2=O. The first kappa shape index (κ1) is 21.9. The minimum Gasteiger partial charge on any atom is -0.464 e. The molecule has 1 amide bonds. The van der Waals surface area contributed by atoms with Crippen LogP contribution < -0.4 is 11.1 Å². The number of benzene rings is 1. The molecule has 0 saturated carbocycles. The second-order valence-electron chi connectivity index (χ2n) is 7.46. The molecule has 2 aliphatic rings. The highest BCUT2D eigenvalue weighted by Gasteiger charge is 2.57. The normalized spacial score (nSPS) is 20.4. The number of nitrogens with two attached hydrogens (primary N) is 1. The van der Waals surface area contributed by atoms with Crippen molar-refractivity contribution in [2.24, 2.45) is 5.73 Å². The van der Waals surface area contributed by atoms with Crippen LogP contribution in [0.15, 0.2) is 59.1 Å². The summed E-state index contributed by atoms with van der Waals surface area (Å²) in [4.78, 5) is 56.7. The van der Waals surface area contributed by atoms with Gasteiger partial charge in [-0.15, -0.1) is 11.8 Å². The zero-order valence-electron chi connectivity index (χ0n) is 17.3. The van der Waals surface area contributed by atoms with Crippen molar-refractivity contribution in [1.29, 1.82) is 0 Å². The van der Waals surface area contributed by atoms with Crippen LogP contribution in [0.1, 0.15) is 33.3 Å². The standard InChI is InChI=1S/C23H21N3O5S/c1-2-31-22(30)23(26-21(29)15(24)11-13-7-4-3-5-8-13)12-32-20-16(23)19(28)17-14(18(20)27)9-6-10-25-17/h3-10,15H,2,11-12,24H2,1H3,(H,26,29)/t15-,23+/m0/s1. The van der Waals surface area contributed by atoms with Gasteiger partial charge in [0.1, 0.15) is 5.69 Å². The number of rotatable bonds is 6. The second-order valence-corrected chi connectivity index (χ2v) is 8.45. The Labute approximate surface area is 188 Å². The van der Waals surface area contributed by atoms with Crippen molar-refractivity contribution in [3.8, 4) is 0 Å². The zero-order chi connectivity index (χ0) is 22.9. The Morgan fingerprint density at radius 1 is 1.19 bits per heavy atom. The molecule has 0 radical (unpaired) electrons. The molecule has 164 valence electrons. The minimum atomic E-state index is -1.82. The number of ether oxygens (including phenoxy) is 1. The molecule has 4 rings (SSSR count). The third-order valence-corrected chi connectivity index (χ3v) is 6.64. The van der Waals surface area contributed by atoms with Gasteiger partial charge < -0.3 is 15.8 Å². The highest BCUT2D eigenvalue weighted by molar-refractivity contribution is 8.04. The van der Waals surface area contributed by atoms with Gasteiger partial charge in [0.15, 0.2) is 5.54 Å². The maximum absolute atomic E-state index is 13.3. The molecular formula is C23H21N3O5S. The van der Waals surface area contributed by atoms with Crippen molar-refractivity contribution in [1.82, 2.24) is 10.3 Å². The van der Waals surface area contributed by atoms with Crippen molar-refractivity contribution in [3.05, 3.63) is 76.0 Å². The van der Waals surface area contributed by atoms with E-state index < -0.39 is 35.0 Å². The Bertz CT molecular complexity index is 1150. The molecular weight excluding hydrogens is 430 g/mol. The molecule has 1 aromatic heterocycles. The van der Waals surface area contributed by atoms with E-state index in [-0.39, 0.29) is 40.5 Å². The summed E-state index contributed by atoms with van der Waals surface area (Å²) in [6, 6.07) is 11.3.